The summed E-state index contributed by atoms with van der Waals surface area (Å²) in [5.74, 6) is 0.493. The third kappa shape index (κ3) is 4.42. The number of hydrogen-bond donors (Lipinski definition) is 2. The van der Waals surface area contributed by atoms with Crippen molar-refractivity contribution in [2.24, 2.45) is 0 Å². The topological polar surface area (TPSA) is 76.7 Å². The van der Waals surface area contributed by atoms with Gasteiger partial charge < -0.3 is 20.1 Å². The minimum absolute atomic E-state index is 0.168. The summed E-state index contributed by atoms with van der Waals surface area (Å²) < 4.78 is 11.1. The van der Waals surface area contributed by atoms with Crippen LogP contribution in [0.5, 0.6) is 11.5 Å². The van der Waals surface area contributed by atoms with Gasteiger partial charge in [-0.05, 0) is 24.3 Å². The summed E-state index contributed by atoms with van der Waals surface area (Å²) in [5, 5.41) is 5.59. The number of rotatable bonds is 4. The van der Waals surface area contributed by atoms with Gasteiger partial charge in [-0.1, -0.05) is 23.7 Å². The van der Waals surface area contributed by atoms with Crippen molar-refractivity contribution in [1.82, 2.24) is 5.32 Å². The largest absolute Gasteiger partial charge is 0.490 e. The quantitative estimate of drug-likeness (QED) is 0.879. The van der Waals surface area contributed by atoms with Crippen LogP contribution in [0.2, 0.25) is 5.02 Å². The average Bonchev–Trinajstić information content (AvgIpc) is 2.85. The highest BCUT2D eigenvalue weighted by Crippen LogP contribution is 2.32. The Kier molecular flexibility index (Phi) is 5.40. The van der Waals surface area contributed by atoms with Gasteiger partial charge in [-0.3, -0.25) is 9.59 Å². The van der Waals surface area contributed by atoms with Gasteiger partial charge in [-0.15, -0.1) is 0 Å². The second-order valence-electron chi connectivity index (χ2n) is 5.42. The van der Waals surface area contributed by atoms with Crippen LogP contribution in [0.3, 0.4) is 0 Å². The molecule has 0 saturated heterocycles. The van der Waals surface area contributed by atoms with Gasteiger partial charge in [0.15, 0.2) is 11.5 Å². The lowest BCUT2D eigenvalue weighted by molar-refractivity contribution is -0.115. The van der Waals surface area contributed by atoms with Crippen molar-refractivity contribution >= 4 is 29.1 Å². The Balaban J connectivity index is 1.57. The zero-order chi connectivity index (χ0) is 17.6. The van der Waals surface area contributed by atoms with Gasteiger partial charge in [0, 0.05) is 18.2 Å². The molecule has 2 aromatic carbocycles. The first kappa shape index (κ1) is 17.1. The number of carbonyl (C=O) groups excluding carboxylic acids is 2. The van der Waals surface area contributed by atoms with Gasteiger partial charge in [0.25, 0.3) is 5.91 Å². The number of fused-ring (bicyclic) bond motifs is 1. The monoisotopic (exact) mass is 360 g/mol. The normalized spacial score (nSPS) is 12.8. The van der Waals surface area contributed by atoms with Gasteiger partial charge >= 0.3 is 0 Å². The van der Waals surface area contributed by atoms with Gasteiger partial charge in [-0.25, -0.2) is 0 Å². The molecular weight excluding hydrogens is 344 g/mol. The van der Waals surface area contributed by atoms with E-state index in [-0.39, 0.29) is 12.5 Å². The molecule has 3 rings (SSSR count). The smallest absolute Gasteiger partial charge is 0.253 e. The van der Waals surface area contributed by atoms with Crippen LogP contribution in [0.25, 0.3) is 0 Å². The fraction of sp³-hybridized carbons (Fsp3) is 0.222. The molecule has 0 spiro atoms. The number of nitrogens with one attached hydrogen (secondary N) is 2. The molecule has 0 radical (unpaired) electrons. The zero-order valence-electron chi connectivity index (χ0n) is 13.4. The van der Waals surface area contributed by atoms with E-state index >= 15 is 0 Å². The molecule has 0 atom stereocenters. The highest BCUT2D eigenvalue weighted by Gasteiger charge is 2.13. The van der Waals surface area contributed by atoms with Gasteiger partial charge in [0.1, 0.15) is 0 Å². The first-order valence-electron chi connectivity index (χ1n) is 7.86. The Hall–Kier alpha value is -2.73. The Labute approximate surface area is 150 Å². The van der Waals surface area contributed by atoms with Crippen molar-refractivity contribution in [2.75, 3.05) is 25.1 Å². The summed E-state index contributed by atoms with van der Waals surface area (Å²) in [6.45, 7) is 1.00. The maximum Gasteiger partial charge on any atom is 0.253 e. The standard InChI is InChI=1S/C18H17ClN2O4/c19-14-5-2-1-4-13(14)18(23)20-11-17(22)21-12-6-7-15-16(10-12)25-9-3-8-24-15/h1-2,4-7,10H,3,8-9,11H2,(H,20,23)(H,21,22). The summed E-state index contributed by atoms with van der Waals surface area (Å²) in [4.78, 5) is 24.1. The molecule has 2 amide bonds. The minimum Gasteiger partial charge on any atom is -0.490 e. The summed E-state index contributed by atoms with van der Waals surface area (Å²) in [6, 6.07) is 11.8. The van der Waals surface area contributed by atoms with Crippen LogP contribution < -0.4 is 20.1 Å². The second kappa shape index (κ2) is 7.90. The number of carbonyl (C=O) groups is 2. The predicted molar refractivity (Wildman–Crippen MR) is 94.5 cm³/mol. The van der Waals surface area contributed by atoms with Crippen LogP contribution in [0.15, 0.2) is 42.5 Å². The first-order valence-corrected chi connectivity index (χ1v) is 8.23. The lowest BCUT2D eigenvalue weighted by atomic mass is 10.2. The number of amides is 2. The highest BCUT2D eigenvalue weighted by molar-refractivity contribution is 6.33. The summed E-state index contributed by atoms with van der Waals surface area (Å²) >= 11 is 5.96. The molecule has 0 aliphatic carbocycles. The Morgan fingerprint density at radius 3 is 2.60 bits per heavy atom. The second-order valence-corrected chi connectivity index (χ2v) is 5.83. The lowest BCUT2D eigenvalue weighted by Crippen LogP contribution is -2.33. The zero-order valence-corrected chi connectivity index (χ0v) is 14.1. The molecule has 0 unspecified atom stereocenters. The Bertz CT molecular complexity index is 794. The molecule has 2 aromatic rings. The van der Waals surface area contributed by atoms with E-state index < -0.39 is 5.91 Å². The molecule has 2 N–H and O–H groups in total. The summed E-state index contributed by atoms with van der Waals surface area (Å²) in [7, 11) is 0. The number of hydrogen-bond acceptors (Lipinski definition) is 4. The third-order valence-corrected chi connectivity index (χ3v) is 3.89. The third-order valence-electron chi connectivity index (χ3n) is 3.56. The minimum atomic E-state index is -0.403. The molecule has 130 valence electrons. The molecule has 6 nitrogen and oxygen atoms in total. The molecule has 25 heavy (non-hydrogen) atoms. The van der Waals surface area contributed by atoms with Gasteiger partial charge in [-0.2, -0.15) is 0 Å². The number of ether oxygens (including phenoxy) is 2. The molecule has 0 bridgehead atoms. The average molecular weight is 361 g/mol. The maximum atomic E-state index is 12.0. The molecule has 1 aliphatic rings. The predicted octanol–water partition coefficient (Wildman–Crippen LogP) is 2.87. The van der Waals surface area contributed by atoms with Crippen LogP contribution >= 0.6 is 11.6 Å². The highest BCUT2D eigenvalue weighted by atomic mass is 35.5. The van der Waals surface area contributed by atoms with Crippen LogP contribution in [0, 0.1) is 0 Å². The van der Waals surface area contributed by atoms with E-state index in [0.29, 0.717) is 41.0 Å². The van der Waals surface area contributed by atoms with Crippen molar-refractivity contribution in [3.8, 4) is 11.5 Å². The van der Waals surface area contributed by atoms with Crippen molar-refractivity contribution in [1.29, 1.82) is 0 Å². The Morgan fingerprint density at radius 2 is 1.80 bits per heavy atom. The molecule has 0 aromatic heterocycles. The number of halogens is 1. The van der Waals surface area contributed by atoms with Crippen molar-refractivity contribution in [3.63, 3.8) is 0 Å². The van der Waals surface area contributed by atoms with E-state index in [1.165, 1.54) is 0 Å². The van der Waals surface area contributed by atoms with Crippen LogP contribution in [-0.2, 0) is 4.79 Å². The van der Waals surface area contributed by atoms with Crippen molar-refractivity contribution < 1.29 is 19.1 Å². The van der Waals surface area contributed by atoms with E-state index in [1.807, 2.05) is 0 Å². The van der Waals surface area contributed by atoms with Crippen LogP contribution in [0.1, 0.15) is 16.8 Å². The van der Waals surface area contributed by atoms with E-state index in [1.54, 1.807) is 42.5 Å². The van der Waals surface area contributed by atoms with E-state index in [9.17, 15) is 9.59 Å². The van der Waals surface area contributed by atoms with E-state index in [2.05, 4.69) is 10.6 Å². The number of anilines is 1. The van der Waals surface area contributed by atoms with Crippen LogP contribution in [-0.4, -0.2) is 31.6 Å². The molecule has 0 fully saturated rings. The van der Waals surface area contributed by atoms with Crippen molar-refractivity contribution in [2.45, 2.75) is 6.42 Å². The molecule has 0 saturated carbocycles. The van der Waals surface area contributed by atoms with E-state index in [4.69, 9.17) is 21.1 Å². The summed E-state index contributed by atoms with van der Waals surface area (Å²) in [5.41, 5.74) is 0.897. The van der Waals surface area contributed by atoms with Gasteiger partial charge in [0.05, 0.1) is 30.3 Å². The lowest BCUT2D eigenvalue weighted by Gasteiger charge is -2.11. The molecule has 1 aliphatic heterocycles. The molecule has 1 heterocycles. The van der Waals surface area contributed by atoms with Crippen molar-refractivity contribution in [3.05, 3.63) is 53.1 Å². The number of benzene rings is 2. The molecular formula is C18H17ClN2O4. The fourth-order valence-electron chi connectivity index (χ4n) is 2.35. The summed E-state index contributed by atoms with van der Waals surface area (Å²) in [6.07, 6.45) is 0.810. The fourth-order valence-corrected chi connectivity index (χ4v) is 2.57. The maximum absolute atomic E-state index is 12.0. The Morgan fingerprint density at radius 1 is 1.04 bits per heavy atom. The SMILES string of the molecule is O=C(CNC(=O)c1ccccc1Cl)Nc1ccc2c(c1)OCCCO2. The van der Waals surface area contributed by atoms with Gasteiger partial charge in [0.2, 0.25) is 5.91 Å². The molecule has 7 heteroatoms. The first-order chi connectivity index (χ1) is 12.1. The van der Waals surface area contributed by atoms with Crippen LogP contribution in [0.4, 0.5) is 5.69 Å². The van der Waals surface area contributed by atoms with E-state index in [0.717, 1.165) is 6.42 Å².